The van der Waals surface area contributed by atoms with Gasteiger partial charge in [0.15, 0.2) is 11.5 Å². The number of rotatable bonds is 6. The first-order chi connectivity index (χ1) is 9.26. The molecular weight excluding hydrogens is 312 g/mol. The number of benzene rings is 1. The topological polar surface area (TPSA) is 76.7 Å². The lowest BCUT2D eigenvalue weighted by molar-refractivity contribution is 0.170. The van der Waals surface area contributed by atoms with Crippen molar-refractivity contribution >= 4 is 15.9 Å². The van der Waals surface area contributed by atoms with E-state index in [2.05, 4.69) is 21.2 Å². The molecule has 1 atom stereocenters. The standard InChI is InChI=1S/C13H19BrN2O3/c14-10-6-9(11(8-15)16-2-1-3-17)7-12-13(10)19-5-4-18-12/h6-7,11,16-17H,1-5,8,15H2. The number of halogens is 1. The molecule has 0 aliphatic carbocycles. The number of aliphatic hydroxyl groups excluding tert-OH is 1. The normalized spacial score (nSPS) is 15.3. The highest BCUT2D eigenvalue weighted by atomic mass is 79.9. The number of fused-ring (bicyclic) bond motifs is 1. The molecule has 1 aromatic rings. The molecule has 0 aromatic heterocycles. The average molecular weight is 331 g/mol. The Bertz CT molecular complexity index is 429. The van der Waals surface area contributed by atoms with Gasteiger partial charge in [0.1, 0.15) is 13.2 Å². The van der Waals surface area contributed by atoms with E-state index in [0.29, 0.717) is 26.2 Å². The van der Waals surface area contributed by atoms with E-state index < -0.39 is 0 Å². The van der Waals surface area contributed by atoms with Crippen molar-refractivity contribution in [2.24, 2.45) is 5.73 Å². The lowest BCUT2D eigenvalue weighted by Gasteiger charge is -2.23. The SMILES string of the molecule is NCC(NCCCO)c1cc(Br)c2c(c1)OCCO2. The van der Waals surface area contributed by atoms with Crippen molar-refractivity contribution in [3.63, 3.8) is 0 Å². The molecule has 0 saturated heterocycles. The van der Waals surface area contributed by atoms with E-state index in [0.717, 1.165) is 28.1 Å². The smallest absolute Gasteiger partial charge is 0.175 e. The summed E-state index contributed by atoms with van der Waals surface area (Å²) in [5.74, 6) is 1.50. The van der Waals surface area contributed by atoms with E-state index in [-0.39, 0.29) is 12.6 Å². The quantitative estimate of drug-likeness (QED) is 0.683. The first-order valence-corrected chi connectivity index (χ1v) is 7.19. The van der Waals surface area contributed by atoms with Crippen LogP contribution < -0.4 is 20.5 Å². The van der Waals surface area contributed by atoms with Gasteiger partial charge in [-0.15, -0.1) is 0 Å². The Morgan fingerprint density at radius 2 is 2.16 bits per heavy atom. The average Bonchev–Trinajstić information content (AvgIpc) is 2.44. The van der Waals surface area contributed by atoms with E-state index in [1.807, 2.05) is 12.1 Å². The van der Waals surface area contributed by atoms with Crippen LogP contribution in [0.1, 0.15) is 18.0 Å². The van der Waals surface area contributed by atoms with Crippen molar-refractivity contribution in [1.29, 1.82) is 0 Å². The van der Waals surface area contributed by atoms with Gasteiger partial charge >= 0.3 is 0 Å². The van der Waals surface area contributed by atoms with Crippen LogP contribution in [0, 0.1) is 0 Å². The molecule has 6 heteroatoms. The molecule has 5 nitrogen and oxygen atoms in total. The summed E-state index contributed by atoms with van der Waals surface area (Å²) in [6, 6.07) is 4.00. The second kappa shape index (κ2) is 7.09. The van der Waals surface area contributed by atoms with Crippen molar-refractivity contribution in [1.82, 2.24) is 5.32 Å². The van der Waals surface area contributed by atoms with Crippen LogP contribution in [0.15, 0.2) is 16.6 Å². The van der Waals surface area contributed by atoms with Crippen LogP contribution in [0.2, 0.25) is 0 Å². The van der Waals surface area contributed by atoms with Crippen LogP contribution in [-0.2, 0) is 0 Å². The highest BCUT2D eigenvalue weighted by Gasteiger charge is 2.19. The highest BCUT2D eigenvalue weighted by molar-refractivity contribution is 9.10. The van der Waals surface area contributed by atoms with Gasteiger partial charge in [-0.05, 0) is 46.6 Å². The van der Waals surface area contributed by atoms with Gasteiger partial charge in [0.25, 0.3) is 0 Å². The van der Waals surface area contributed by atoms with Crippen molar-refractivity contribution in [2.75, 3.05) is 32.9 Å². The molecular formula is C13H19BrN2O3. The zero-order chi connectivity index (χ0) is 13.7. The second-order valence-electron chi connectivity index (χ2n) is 4.35. The molecule has 1 aliphatic heterocycles. The molecule has 2 rings (SSSR count). The van der Waals surface area contributed by atoms with E-state index in [1.54, 1.807) is 0 Å². The van der Waals surface area contributed by atoms with Gasteiger partial charge in [0.05, 0.1) is 4.47 Å². The lowest BCUT2D eigenvalue weighted by Crippen LogP contribution is -2.29. The molecule has 1 heterocycles. The third kappa shape index (κ3) is 3.60. The van der Waals surface area contributed by atoms with Crippen molar-refractivity contribution in [3.8, 4) is 11.5 Å². The van der Waals surface area contributed by atoms with Crippen LogP contribution in [-0.4, -0.2) is 38.0 Å². The Balaban J connectivity index is 2.16. The molecule has 1 aliphatic rings. The Labute approximate surface area is 121 Å². The number of hydrogen-bond acceptors (Lipinski definition) is 5. The minimum absolute atomic E-state index is 0.0404. The molecule has 0 spiro atoms. The number of aliphatic hydroxyl groups is 1. The highest BCUT2D eigenvalue weighted by Crippen LogP contribution is 2.39. The van der Waals surface area contributed by atoms with Crippen molar-refractivity contribution in [3.05, 3.63) is 22.2 Å². The maximum atomic E-state index is 8.81. The monoisotopic (exact) mass is 330 g/mol. The van der Waals surface area contributed by atoms with Crippen LogP contribution in [0.3, 0.4) is 0 Å². The van der Waals surface area contributed by atoms with E-state index >= 15 is 0 Å². The maximum Gasteiger partial charge on any atom is 0.175 e. The van der Waals surface area contributed by atoms with Crippen molar-refractivity contribution < 1.29 is 14.6 Å². The summed E-state index contributed by atoms with van der Waals surface area (Å²) >= 11 is 3.50. The van der Waals surface area contributed by atoms with Gasteiger partial charge in [-0.3, -0.25) is 0 Å². The maximum absolute atomic E-state index is 8.81. The van der Waals surface area contributed by atoms with Crippen molar-refractivity contribution in [2.45, 2.75) is 12.5 Å². The first-order valence-electron chi connectivity index (χ1n) is 6.39. The Morgan fingerprint density at radius 3 is 2.89 bits per heavy atom. The van der Waals surface area contributed by atoms with Crippen LogP contribution in [0.25, 0.3) is 0 Å². The zero-order valence-electron chi connectivity index (χ0n) is 10.7. The van der Waals surface area contributed by atoms with E-state index in [1.165, 1.54) is 0 Å². The summed E-state index contributed by atoms with van der Waals surface area (Å²) in [7, 11) is 0. The second-order valence-corrected chi connectivity index (χ2v) is 5.20. The molecule has 1 aromatic carbocycles. The lowest BCUT2D eigenvalue weighted by atomic mass is 10.1. The molecule has 0 amide bonds. The van der Waals surface area contributed by atoms with Gasteiger partial charge in [-0.25, -0.2) is 0 Å². The molecule has 0 fully saturated rings. The number of nitrogens with one attached hydrogen (secondary N) is 1. The summed E-state index contributed by atoms with van der Waals surface area (Å²) in [5, 5.41) is 12.1. The largest absolute Gasteiger partial charge is 0.486 e. The Kier molecular flexibility index (Phi) is 5.45. The molecule has 19 heavy (non-hydrogen) atoms. The Hall–Kier alpha value is -0.820. The summed E-state index contributed by atoms with van der Waals surface area (Å²) in [5.41, 5.74) is 6.85. The molecule has 106 valence electrons. The van der Waals surface area contributed by atoms with Crippen LogP contribution >= 0.6 is 15.9 Å². The molecule has 0 bridgehead atoms. The van der Waals surface area contributed by atoms with Gasteiger partial charge < -0.3 is 25.6 Å². The van der Waals surface area contributed by atoms with Gasteiger partial charge in [-0.1, -0.05) is 0 Å². The summed E-state index contributed by atoms with van der Waals surface area (Å²) in [4.78, 5) is 0. The van der Waals surface area contributed by atoms with Gasteiger partial charge in [0.2, 0.25) is 0 Å². The van der Waals surface area contributed by atoms with Gasteiger partial charge in [-0.2, -0.15) is 0 Å². The molecule has 1 unspecified atom stereocenters. The Morgan fingerprint density at radius 1 is 1.37 bits per heavy atom. The van der Waals surface area contributed by atoms with Gasteiger partial charge in [0, 0.05) is 19.2 Å². The number of nitrogens with two attached hydrogens (primary N) is 1. The fourth-order valence-corrected chi connectivity index (χ4v) is 2.60. The van der Waals surface area contributed by atoms with Crippen LogP contribution in [0.4, 0.5) is 0 Å². The zero-order valence-corrected chi connectivity index (χ0v) is 12.3. The fourth-order valence-electron chi connectivity index (χ4n) is 2.02. The first kappa shape index (κ1) is 14.6. The molecule has 0 saturated carbocycles. The predicted molar refractivity (Wildman–Crippen MR) is 76.6 cm³/mol. The summed E-state index contributed by atoms with van der Waals surface area (Å²) in [6.45, 7) is 2.52. The predicted octanol–water partition coefficient (Wildman–Crippen LogP) is 1.19. The third-order valence-electron chi connectivity index (χ3n) is 2.98. The van der Waals surface area contributed by atoms with E-state index in [4.69, 9.17) is 20.3 Å². The van der Waals surface area contributed by atoms with Crippen LogP contribution in [0.5, 0.6) is 11.5 Å². The minimum atomic E-state index is 0.0404. The molecule has 4 N–H and O–H groups in total. The fraction of sp³-hybridized carbons (Fsp3) is 0.538. The molecule has 0 radical (unpaired) electrons. The summed E-state index contributed by atoms with van der Waals surface area (Å²) in [6.07, 6.45) is 0.711. The summed E-state index contributed by atoms with van der Waals surface area (Å²) < 4.78 is 12.0. The van der Waals surface area contributed by atoms with E-state index in [9.17, 15) is 0 Å². The number of ether oxygens (including phenoxy) is 2. The third-order valence-corrected chi connectivity index (χ3v) is 3.57. The number of hydrogen-bond donors (Lipinski definition) is 3. The minimum Gasteiger partial charge on any atom is -0.486 e.